The van der Waals surface area contributed by atoms with Gasteiger partial charge in [-0.1, -0.05) is 24.3 Å². The first-order valence-corrected chi connectivity index (χ1v) is 11.3. The van der Waals surface area contributed by atoms with Crippen LogP contribution in [0.3, 0.4) is 0 Å². The first-order valence-electron chi connectivity index (χ1n) is 11.3. The SMILES string of the molecule is COc1ccc(Cn2c(=O)c3c(c4ccccc42)OC(C)(C)C(O)C3N2CCCC2=O)cc1. The van der Waals surface area contributed by atoms with Crippen molar-refractivity contribution in [2.24, 2.45) is 0 Å². The predicted octanol–water partition coefficient (Wildman–Crippen LogP) is 3.25. The number of pyridine rings is 1. The molecule has 1 saturated heterocycles. The molecule has 0 aliphatic carbocycles. The number of hydrogen-bond donors (Lipinski definition) is 1. The summed E-state index contributed by atoms with van der Waals surface area (Å²) in [6, 6.07) is 14.4. The summed E-state index contributed by atoms with van der Waals surface area (Å²) in [6.07, 6.45) is 0.107. The maximum Gasteiger partial charge on any atom is 0.260 e. The number of aromatic nitrogens is 1. The van der Waals surface area contributed by atoms with Crippen molar-refractivity contribution < 1.29 is 19.4 Å². The molecule has 7 heteroatoms. The Morgan fingerprint density at radius 2 is 1.85 bits per heavy atom. The monoisotopic (exact) mass is 448 g/mol. The summed E-state index contributed by atoms with van der Waals surface area (Å²) in [4.78, 5) is 28.4. The highest BCUT2D eigenvalue weighted by Crippen LogP contribution is 2.45. The Bertz CT molecular complexity index is 1280. The lowest BCUT2D eigenvalue weighted by atomic mass is 9.85. The molecule has 3 aromatic rings. The normalized spacial score (nSPS) is 21.7. The number of carbonyl (C=O) groups is 1. The third-order valence-corrected chi connectivity index (χ3v) is 6.78. The minimum Gasteiger partial charge on any atom is -0.497 e. The van der Waals surface area contributed by atoms with Gasteiger partial charge in [-0.25, -0.2) is 0 Å². The van der Waals surface area contributed by atoms with E-state index >= 15 is 0 Å². The molecule has 2 aliphatic heterocycles. The van der Waals surface area contributed by atoms with E-state index in [1.807, 2.05) is 48.5 Å². The van der Waals surface area contributed by atoms with Crippen molar-refractivity contribution in [3.63, 3.8) is 0 Å². The first kappa shape index (κ1) is 21.5. The number of rotatable bonds is 4. The van der Waals surface area contributed by atoms with Crippen molar-refractivity contribution in [3.05, 3.63) is 70.0 Å². The highest BCUT2D eigenvalue weighted by atomic mass is 16.5. The molecule has 1 aromatic heterocycles. The van der Waals surface area contributed by atoms with Gasteiger partial charge in [0.25, 0.3) is 5.56 Å². The summed E-state index contributed by atoms with van der Waals surface area (Å²) in [5, 5.41) is 12.1. The molecule has 33 heavy (non-hydrogen) atoms. The fourth-order valence-corrected chi connectivity index (χ4v) is 4.99. The minimum absolute atomic E-state index is 0.0445. The number of benzene rings is 2. The molecule has 5 rings (SSSR count). The lowest BCUT2D eigenvalue weighted by Crippen LogP contribution is -2.56. The van der Waals surface area contributed by atoms with Gasteiger partial charge in [-0.05, 0) is 50.1 Å². The molecular formula is C26H28N2O5. The van der Waals surface area contributed by atoms with Crippen molar-refractivity contribution in [1.82, 2.24) is 9.47 Å². The number of fused-ring (bicyclic) bond motifs is 3. The summed E-state index contributed by atoms with van der Waals surface area (Å²) in [6.45, 7) is 4.45. The molecular weight excluding hydrogens is 420 g/mol. The van der Waals surface area contributed by atoms with Crippen molar-refractivity contribution in [2.75, 3.05) is 13.7 Å². The molecule has 0 saturated carbocycles. The van der Waals surface area contributed by atoms with Crippen LogP contribution in [-0.2, 0) is 11.3 Å². The van der Waals surface area contributed by atoms with Gasteiger partial charge in [-0.2, -0.15) is 0 Å². The average molecular weight is 449 g/mol. The predicted molar refractivity (Wildman–Crippen MR) is 125 cm³/mol. The standard InChI is InChI=1S/C26H28N2O5/c1-26(2)24(30)22(27-14-6-9-20(27)29)21-23(33-26)18-7-4-5-8-19(18)28(25(21)31)15-16-10-12-17(32-3)13-11-16/h4-5,7-8,10-13,22,24,30H,6,9,14-15H2,1-3H3. The summed E-state index contributed by atoms with van der Waals surface area (Å²) in [7, 11) is 1.61. The van der Waals surface area contributed by atoms with Crippen LogP contribution in [0.2, 0.25) is 0 Å². The Hall–Kier alpha value is -3.32. The Kier molecular flexibility index (Phi) is 5.16. The number of aliphatic hydroxyl groups excluding tert-OH is 1. The maximum absolute atomic E-state index is 14.0. The van der Waals surface area contributed by atoms with E-state index in [0.29, 0.717) is 37.2 Å². The summed E-state index contributed by atoms with van der Waals surface area (Å²) in [5.41, 5.74) is 0.825. The molecule has 0 spiro atoms. The molecule has 2 unspecified atom stereocenters. The zero-order valence-electron chi connectivity index (χ0n) is 19.1. The van der Waals surface area contributed by atoms with Crippen LogP contribution in [0.5, 0.6) is 11.5 Å². The highest BCUT2D eigenvalue weighted by Gasteiger charge is 2.49. The number of methoxy groups -OCH3 is 1. The van der Waals surface area contributed by atoms with Crippen LogP contribution in [0.1, 0.15) is 43.9 Å². The van der Waals surface area contributed by atoms with Crippen LogP contribution in [0.4, 0.5) is 0 Å². The van der Waals surface area contributed by atoms with Crippen LogP contribution in [0.15, 0.2) is 53.3 Å². The Labute approximate surface area is 192 Å². The minimum atomic E-state index is -1.03. The van der Waals surface area contributed by atoms with E-state index in [1.54, 1.807) is 30.4 Å². The second kappa shape index (κ2) is 7.92. The number of carbonyl (C=O) groups excluding carboxylic acids is 1. The number of aliphatic hydroxyl groups is 1. The van der Waals surface area contributed by atoms with Gasteiger partial charge >= 0.3 is 0 Å². The van der Waals surface area contributed by atoms with Crippen LogP contribution in [-0.4, -0.2) is 45.8 Å². The Morgan fingerprint density at radius 3 is 2.52 bits per heavy atom. The molecule has 172 valence electrons. The Balaban J connectivity index is 1.74. The molecule has 1 amide bonds. The quantitative estimate of drug-likeness (QED) is 0.663. The second-order valence-electron chi connectivity index (χ2n) is 9.29. The second-order valence-corrected chi connectivity index (χ2v) is 9.29. The van der Waals surface area contributed by atoms with Gasteiger partial charge in [0.15, 0.2) is 0 Å². The third kappa shape index (κ3) is 3.47. The van der Waals surface area contributed by atoms with Crippen LogP contribution < -0.4 is 15.0 Å². The van der Waals surface area contributed by atoms with E-state index in [0.717, 1.165) is 22.2 Å². The molecule has 7 nitrogen and oxygen atoms in total. The number of hydrogen-bond acceptors (Lipinski definition) is 5. The van der Waals surface area contributed by atoms with Crippen molar-refractivity contribution in [1.29, 1.82) is 0 Å². The van der Waals surface area contributed by atoms with Crippen molar-refractivity contribution >= 4 is 16.8 Å². The van der Waals surface area contributed by atoms with Crippen LogP contribution in [0, 0.1) is 0 Å². The molecule has 0 radical (unpaired) electrons. The first-order chi connectivity index (χ1) is 15.8. The zero-order chi connectivity index (χ0) is 23.3. The van der Waals surface area contributed by atoms with Gasteiger partial charge in [0, 0.05) is 18.4 Å². The molecule has 2 aromatic carbocycles. The van der Waals surface area contributed by atoms with Gasteiger partial charge < -0.3 is 24.0 Å². The van der Waals surface area contributed by atoms with Gasteiger partial charge in [-0.3, -0.25) is 9.59 Å². The fraction of sp³-hybridized carbons (Fsp3) is 0.385. The van der Waals surface area contributed by atoms with E-state index < -0.39 is 17.7 Å². The number of amides is 1. The maximum atomic E-state index is 14.0. The van der Waals surface area contributed by atoms with Gasteiger partial charge in [0.05, 0.1) is 30.8 Å². The molecule has 1 fully saturated rings. The van der Waals surface area contributed by atoms with E-state index in [4.69, 9.17) is 9.47 Å². The van der Waals surface area contributed by atoms with Crippen LogP contribution >= 0.6 is 0 Å². The number of likely N-dealkylation sites (tertiary alicyclic amines) is 1. The lowest BCUT2D eigenvalue weighted by molar-refractivity contribution is -0.139. The zero-order valence-corrected chi connectivity index (χ0v) is 19.1. The Morgan fingerprint density at radius 1 is 1.12 bits per heavy atom. The molecule has 2 aliphatic rings. The lowest BCUT2D eigenvalue weighted by Gasteiger charge is -2.45. The van der Waals surface area contributed by atoms with E-state index in [1.165, 1.54) is 0 Å². The van der Waals surface area contributed by atoms with Gasteiger partial charge in [0.2, 0.25) is 5.91 Å². The molecule has 2 atom stereocenters. The summed E-state index contributed by atoms with van der Waals surface area (Å²) < 4.78 is 13.2. The average Bonchev–Trinajstić information content (AvgIpc) is 3.23. The fourth-order valence-electron chi connectivity index (χ4n) is 4.99. The van der Waals surface area contributed by atoms with Crippen molar-refractivity contribution in [2.45, 2.75) is 51.0 Å². The van der Waals surface area contributed by atoms with E-state index in [9.17, 15) is 14.7 Å². The summed E-state index contributed by atoms with van der Waals surface area (Å²) >= 11 is 0. The summed E-state index contributed by atoms with van der Waals surface area (Å²) in [5.74, 6) is 1.16. The molecule has 0 bridgehead atoms. The molecule has 1 N–H and O–H groups in total. The highest BCUT2D eigenvalue weighted by molar-refractivity contribution is 5.88. The number of nitrogens with zero attached hydrogens (tertiary/aromatic N) is 2. The van der Waals surface area contributed by atoms with E-state index in [2.05, 4.69) is 0 Å². The topological polar surface area (TPSA) is 81.0 Å². The largest absolute Gasteiger partial charge is 0.497 e. The van der Waals surface area contributed by atoms with Crippen LogP contribution in [0.25, 0.3) is 10.9 Å². The van der Waals surface area contributed by atoms with Gasteiger partial charge in [0.1, 0.15) is 23.2 Å². The third-order valence-electron chi connectivity index (χ3n) is 6.78. The van der Waals surface area contributed by atoms with Crippen molar-refractivity contribution in [3.8, 4) is 11.5 Å². The number of ether oxygens (including phenoxy) is 2. The van der Waals surface area contributed by atoms with E-state index in [-0.39, 0.29) is 11.5 Å². The number of para-hydroxylation sites is 1. The van der Waals surface area contributed by atoms with Gasteiger partial charge in [-0.15, -0.1) is 0 Å². The molecule has 3 heterocycles. The smallest absolute Gasteiger partial charge is 0.260 e.